The molecule has 2 aliphatic rings. The summed E-state index contributed by atoms with van der Waals surface area (Å²) in [6, 6.07) is 0.750. The molecule has 2 aliphatic heterocycles. The Hall–Kier alpha value is -0.0800. The molecule has 2 saturated heterocycles. The molecule has 0 saturated carbocycles. The van der Waals surface area contributed by atoms with Crippen molar-refractivity contribution in [3.8, 4) is 0 Å². The molecule has 2 rings (SSSR count). The molecule has 0 aromatic heterocycles. The molecule has 0 aliphatic carbocycles. The van der Waals surface area contributed by atoms with Gasteiger partial charge in [0.05, 0.1) is 12.7 Å². The van der Waals surface area contributed by atoms with Gasteiger partial charge < -0.3 is 4.74 Å². The Kier molecular flexibility index (Phi) is 0.866. The lowest BCUT2D eigenvalue weighted by atomic mass is 10.2. The highest BCUT2D eigenvalue weighted by Crippen LogP contribution is 2.25. The monoisotopic (exact) mass is 113 g/mol. The molecule has 8 heavy (non-hydrogen) atoms. The van der Waals surface area contributed by atoms with E-state index in [1.165, 1.54) is 6.42 Å². The fourth-order valence-electron chi connectivity index (χ4n) is 1.59. The second-order valence-electron chi connectivity index (χ2n) is 2.78. The second-order valence-corrected chi connectivity index (χ2v) is 2.78. The number of rotatable bonds is 0. The smallest absolute Gasteiger partial charge is 0.0718 e. The number of hydrogen-bond acceptors (Lipinski definition) is 2. The Morgan fingerprint density at radius 3 is 2.75 bits per heavy atom. The largest absolute Gasteiger partial charge is 0.375 e. The van der Waals surface area contributed by atoms with Crippen molar-refractivity contribution in [2.24, 2.45) is 0 Å². The molecule has 2 heterocycles. The van der Waals surface area contributed by atoms with Gasteiger partial charge in [-0.25, -0.2) is 0 Å². The molecule has 46 valence electrons. The minimum Gasteiger partial charge on any atom is -0.375 e. The van der Waals surface area contributed by atoms with Crippen LogP contribution in [0.25, 0.3) is 0 Å². The van der Waals surface area contributed by atoms with E-state index in [4.69, 9.17) is 4.74 Å². The lowest BCUT2D eigenvalue weighted by Crippen LogP contribution is -2.33. The molecule has 2 atom stereocenters. The molecule has 0 aromatic carbocycles. The predicted octanol–water partition coefficient (Wildman–Crippen LogP) is 0.0893. The highest BCUT2D eigenvalue weighted by molar-refractivity contribution is 4.89. The van der Waals surface area contributed by atoms with Gasteiger partial charge in [0, 0.05) is 12.6 Å². The van der Waals surface area contributed by atoms with E-state index in [-0.39, 0.29) is 0 Å². The summed E-state index contributed by atoms with van der Waals surface area (Å²) in [5.41, 5.74) is 0. The van der Waals surface area contributed by atoms with E-state index in [0.29, 0.717) is 6.10 Å². The van der Waals surface area contributed by atoms with Gasteiger partial charge in [-0.3, -0.25) is 4.90 Å². The van der Waals surface area contributed by atoms with Crippen molar-refractivity contribution in [3.63, 3.8) is 0 Å². The van der Waals surface area contributed by atoms with Crippen molar-refractivity contribution < 1.29 is 4.74 Å². The molecule has 0 radical (unpaired) electrons. The Labute approximate surface area is 49.4 Å². The van der Waals surface area contributed by atoms with E-state index < -0.39 is 0 Å². The standard InChI is InChI=1S/C6H11NO/c1-7-3-6-2-5(7)4-8-6/h5-6H,2-4H2,1H3/t5-,6+/m1/s1. The fraction of sp³-hybridized carbons (Fsp3) is 1.00. The average molecular weight is 113 g/mol. The maximum Gasteiger partial charge on any atom is 0.0718 e. The van der Waals surface area contributed by atoms with Gasteiger partial charge in [0.1, 0.15) is 0 Å². The molecule has 0 unspecified atom stereocenters. The van der Waals surface area contributed by atoms with Crippen molar-refractivity contribution in [3.05, 3.63) is 0 Å². The summed E-state index contributed by atoms with van der Waals surface area (Å²) in [7, 11) is 2.17. The van der Waals surface area contributed by atoms with Crippen LogP contribution < -0.4 is 0 Å². The van der Waals surface area contributed by atoms with Crippen LogP contribution in [-0.2, 0) is 4.74 Å². The number of ether oxygens (including phenoxy) is 1. The van der Waals surface area contributed by atoms with Gasteiger partial charge in [-0.1, -0.05) is 0 Å². The lowest BCUT2D eigenvalue weighted by molar-refractivity contribution is 0.0416. The van der Waals surface area contributed by atoms with Gasteiger partial charge in [0.25, 0.3) is 0 Å². The van der Waals surface area contributed by atoms with E-state index in [9.17, 15) is 0 Å². The van der Waals surface area contributed by atoms with Gasteiger partial charge in [0.2, 0.25) is 0 Å². The molecule has 0 aromatic rings. The summed E-state index contributed by atoms with van der Waals surface area (Å²) in [5, 5.41) is 0. The van der Waals surface area contributed by atoms with Crippen LogP contribution in [0.4, 0.5) is 0 Å². The van der Waals surface area contributed by atoms with Crippen molar-refractivity contribution in [2.45, 2.75) is 18.6 Å². The number of likely N-dealkylation sites (tertiary alicyclic amines) is 1. The zero-order valence-electron chi connectivity index (χ0n) is 5.13. The molecule has 2 nitrogen and oxygen atoms in total. The molecule has 0 N–H and O–H groups in total. The molecule has 0 amide bonds. The number of likely N-dealkylation sites (N-methyl/N-ethyl adjacent to an activating group) is 1. The van der Waals surface area contributed by atoms with Crippen LogP contribution in [0.1, 0.15) is 6.42 Å². The third-order valence-electron chi connectivity index (χ3n) is 2.17. The van der Waals surface area contributed by atoms with Gasteiger partial charge in [0.15, 0.2) is 0 Å². The van der Waals surface area contributed by atoms with Crippen molar-refractivity contribution in [1.29, 1.82) is 0 Å². The Morgan fingerprint density at radius 1 is 1.62 bits per heavy atom. The molecular weight excluding hydrogens is 102 g/mol. The normalized spacial score (nSPS) is 46.1. The predicted molar refractivity (Wildman–Crippen MR) is 30.8 cm³/mol. The van der Waals surface area contributed by atoms with E-state index in [1.807, 2.05) is 0 Å². The van der Waals surface area contributed by atoms with Crippen LogP contribution in [0.5, 0.6) is 0 Å². The molecule has 2 fully saturated rings. The first-order valence-electron chi connectivity index (χ1n) is 3.18. The van der Waals surface area contributed by atoms with E-state index in [1.54, 1.807) is 0 Å². The first-order valence-corrected chi connectivity index (χ1v) is 3.18. The lowest BCUT2D eigenvalue weighted by Gasteiger charge is -2.21. The molecule has 2 heteroatoms. The summed E-state index contributed by atoms with van der Waals surface area (Å²) in [4.78, 5) is 2.38. The van der Waals surface area contributed by atoms with Crippen LogP contribution in [0.3, 0.4) is 0 Å². The fourth-order valence-corrected chi connectivity index (χ4v) is 1.59. The highest BCUT2D eigenvalue weighted by atomic mass is 16.5. The van der Waals surface area contributed by atoms with Crippen LogP contribution >= 0.6 is 0 Å². The SMILES string of the molecule is CN1C[C@@H]2C[C@@H]1CO2. The Bertz CT molecular complexity index is 103. The van der Waals surface area contributed by atoms with Crippen molar-refractivity contribution in [2.75, 3.05) is 20.2 Å². The van der Waals surface area contributed by atoms with Gasteiger partial charge >= 0.3 is 0 Å². The molecule has 2 bridgehead atoms. The first-order chi connectivity index (χ1) is 3.86. The average Bonchev–Trinajstić information content (AvgIpc) is 2.23. The molecular formula is C6H11NO. The van der Waals surface area contributed by atoms with Gasteiger partial charge in [-0.05, 0) is 13.5 Å². The topological polar surface area (TPSA) is 12.5 Å². The minimum atomic E-state index is 0.574. The number of fused-ring (bicyclic) bond motifs is 2. The van der Waals surface area contributed by atoms with Crippen molar-refractivity contribution in [1.82, 2.24) is 4.90 Å². The van der Waals surface area contributed by atoms with E-state index in [0.717, 1.165) is 19.2 Å². The minimum absolute atomic E-state index is 0.574. The highest BCUT2D eigenvalue weighted by Gasteiger charge is 2.36. The number of morpholine rings is 1. The summed E-state index contributed by atoms with van der Waals surface area (Å²) in [6.45, 7) is 2.13. The third-order valence-corrected chi connectivity index (χ3v) is 2.17. The maximum absolute atomic E-state index is 5.38. The number of hydrogen-bond donors (Lipinski definition) is 0. The number of nitrogens with zero attached hydrogens (tertiary/aromatic N) is 1. The maximum atomic E-state index is 5.38. The summed E-state index contributed by atoms with van der Waals surface area (Å²) >= 11 is 0. The summed E-state index contributed by atoms with van der Waals surface area (Å²) in [6.07, 6.45) is 1.85. The third kappa shape index (κ3) is 0.501. The van der Waals surface area contributed by atoms with Crippen LogP contribution in [0.15, 0.2) is 0 Å². The first kappa shape index (κ1) is 4.77. The van der Waals surface area contributed by atoms with Crippen LogP contribution in [0.2, 0.25) is 0 Å². The van der Waals surface area contributed by atoms with Crippen LogP contribution in [-0.4, -0.2) is 37.2 Å². The van der Waals surface area contributed by atoms with Gasteiger partial charge in [-0.15, -0.1) is 0 Å². The summed E-state index contributed by atoms with van der Waals surface area (Å²) in [5.74, 6) is 0. The molecule has 0 spiro atoms. The Morgan fingerprint density at radius 2 is 2.50 bits per heavy atom. The van der Waals surface area contributed by atoms with Gasteiger partial charge in [-0.2, -0.15) is 0 Å². The zero-order chi connectivity index (χ0) is 5.56. The quantitative estimate of drug-likeness (QED) is 0.441. The van der Waals surface area contributed by atoms with E-state index >= 15 is 0 Å². The second kappa shape index (κ2) is 1.45. The van der Waals surface area contributed by atoms with Crippen molar-refractivity contribution >= 4 is 0 Å². The zero-order valence-corrected chi connectivity index (χ0v) is 5.13. The Balaban J connectivity index is 2.11. The van der Waals surface area contributed by atoms with E-state index in [2.05, 4.69) is 11.9 Å². The van der Waals surface area contributed by atoms with Crippen LogP contribution in [0, 0.1) is 0 Å². The summed E-state index contributed by atoms with van der Waals surface area (Å²) < 4.78 is 5.38.